The van der Waals surface area contributed by atoms with Crippen LogP contribution in [0.5, 0.6) is 0 Å². The fourth-order valence-corrected chi connectivity index (χ4v) is 1.84. The molecule has 0 amide bonds. The molecule has 0 spiro atoms. The van der Waals surface area contributed by atoms with E-state index in [4.69, 9.17) is 0 Å². The van der Waals surface area contributed by atoms with E-state index in [1.54, 1.807) is 11.1 Å². The van der Waals surface area contributed by atoms with Crippen molar-refractivity contribution in [3.05, 3.63) is 11.1 Å². The van der Waals surface area contributed by atoms with Gasteiger partial charge in [-0.05, 0) is 32.6 Å². The third-order valence-electron chi connectivity index (χ3n) is 2.70. The van der Waals surface area contributed by atoms with Crippen molar-refractivity contribution in [1.82, 2.24) is 0 Å². The van der Waals surface area contributed by atoms with Crippen molar-refractivity contribution in [3.8, 4) is 0 Å². The molecule has 0 saturated heterocycles. The van der Waals surface area contributed by atoms with Gasteiger partial charge < -0.3 is 0 Å². The zero-order valence-electron chi connectivity index (χ0n) is 7.91. The van der Waals surface area contributed by atoms with Crippen molar-refractivity contribution < 1.29 is 0 Å². The lowest BCUT2D eigenvalue weighted by Gasteiger charge is -2.22. The minimum Gasteiger partial charge on any atom is -0.127 e. The largest absolute Gasteiger partial charge is 0.127 e. The lowest BCUT2D eigenvalue weighted by atomic mass is 9.97. The summed E-state index contributed by atoms with van der Waals surface area (Å²) < 4.78 is 0. The van der Waals surface area contributed by atoms with Crippen molar-refractivity contribution in [2.75, 3.05) is 0 Å². The van der Waals surface area contributed by atoms with Crippen molar-refractivity contribution in [1.29, 1.82) is 0 Å². The Hall–Kier alpha value is 0.170. The van der Waals surface area contributed by atoms with Gasteiger partial charge in [-0.15, -0.1) is 9.24 Å². The van der Waals surface area contributed by atoms with Crippen molar-refractivity contribution in [2.45, 2.75) is 51.6 Å². The Balaban J connectivity index is 2.77. The van der Waals surface area contributed by atoms with Gasteiger partial charge in [0.1, 0.15) is 0 Å². The standard InChI is InChI=1S/C10H19P/c1-8(10(2,3)11)9-6-4-5-7-9/h4-7,11H2,1-3H3. The molecule has 1 heteroatoms. The van der Waals surface area contributed by atoms with Gasteiger partial charge in [-0.3, -0.25) is 0 Å². The monoisotopic (exact) mass is 170 g/mol. The molecular weight excluding hydrogens is 151 g/mol. The SMILES string of the molecule is CC(=C1CCCC1)C(C)(C)P. The van der Waals surface area contributed by atoms with E-state index < -0.39 is 0 Å². The third-order valence-corrected chi connectivity index (χ3v) is 3.14. The van der Waals surface area contributed by atoms with E-state index in [2.05, 4.69) is 30.0 Å². The minimum atomic E-state index is 0.319. The van der Waals surface area contributed by atoms with Gasteiger partial charge in [0.05, 0.1) is 0 Å². The Morgan fingerprint density at radius 2 is 1.73 bits per heavy atom. The molecule has 0 heterocycles. The Bertz CT molecular complexity index is 164. The normalized spacial score (nSPS) is 19.1. The summed E-state index contributed by atoms with van der Waals surface area (Å²) in [6.45, 7) is 6.84. The molecule has 1 aliphatic rings. The smallest absolute Gasteiger partial charge is 0.0000280 e. The molecule has 0 nitrogen and oxygen atoms in total. The predicted octanol–water partition coefficient (Wildman–Crippen LogP) is 3.53. The minimum absolute atomic E-state index is 0.319. The van der Waals surface area contributed by atoms with Crippen LogP contribution in [0.15, 0.2) is 11.1 Å². The van der Waals surface area contributed by atoms with Crippen LogP contribution in [0.4, 0.5) is 0 Å². The molecule has 1 saturated carbocycles. The van der Waals surface area contributed by atoms with Crippen LogP contribution in [0.25, 0.3) is 0 Å². The second-order valence-corrected chi connectivity index (χ2v) is 5.60. The van der Waals surface area contributed by atoms with Crippen LogP contribution in [-0.4, -0.2) is 5.16 Å². The highest BCUT2D eigenvalue weighted by atomic mass is 31.0. The Morgan fingerprint density at radius 3 is 2.09 bits per heavy atom. The molecule has 64 valence electrons. The van der Waals surface area contributed by atoms with E-state index in [-0.39, 0.29) is 0 Å². The molecule has 1 atom stereocenters. The first-order chi connectivity index (χ1) is 5.02. The van der Waals surface area contributed by atoms with Crippen LogP contribution in [0, 0.1) is 0 Å². The first-order valence-corrected chi connectivity index (χ1v) is 5.07. The molecule has 1 rings (SSSR count). The Labute approximate surface area is 72.7 Å². The molecule has 11 heavy (non-hydrogen) atoms. The fourth-order valence-electron chi connectivity index (χ4n) is 1.63. The number of allylic oxidation sites excluding steroid dienone is 2. The maximum Gasteiger partial charge on any atom is 0.0000280 e. The van der Waals surface area contributed by atoms with E-state index in [1.807, 2.05) is 0 Å². The molecule has 1 fully saturated rings. The molecule has 0 radical (unpaired) electrons. The average Bonchev–Trinajstić information content (AvgIpc) is 2.34. The molecular formula is C10H19P. The van der Waals surface area contributed by atoms with Crippen LogP contribution in [0.1, 0.15) is 46.5 Å². The molecule has 0 aromatic heterocycles. The van der Waals surface area contributed by atoms with Crippen molar-refractivity contribution in [3.63, 3.8) is 0 Å². The Kier molecular flexibility index (Phi) is 2.75. The molecule has 0 N–H and O–H groups in total. The lowest BCUT2D eigenvalue weighted by molar-refractivity contribution is 0.805. The summed E-state index contributed by atoms with van der Waals surface area (Å²) in [7, 11) is 2.93. The van der Waals surface area contributed by atoms with Gasteiger partial charge in [0, 0.05) is 5.16 Å². The van der Waals surface area contributed by atoms with E-state index in [0.29, 0.717) is 5.16 Å². The van der Waals surface area contributed by atoms with Crippen molar-refractivity contribution >= 4 is 9.24 Å². The highest BCUT2D eigenvalue weighted by Crippen LogP contribution is 2.35. The predicted molar refractivity (Wildman–Crippen MR) is 55.0 cm³/mol. The zero-order valence-corrected chi connectivity index (χ0v) is 9.06. The van der Waals surface area contributed by atoms with Gasteiger partial charge in [-0.1, -0.05) is 25.0 Å². The molecule has 0 aromatic rings. The topological polar surface area (TPSA) is 0 Å². The molecule has 1 aliphatic carbocycles. The van der Waals surface area contributed by atoms with Crippen LogP contribution < -0.4 is 0 Å². The number of hydrogen-bond donors (Lipinski definition) is 0. The lowest BCUT2D eigenvalue weighted by Crippen LogP contribution is -2.12. The van der Waals surface area contributed by atoms with E-state index in [1.165, 1.54) is 25.7 Å². The van der Waals surface area contributed by atoms with Gasteiger partial charge in [-0.25, -0.2) is 0 Å². The van der Waals surface area contributed by atoms with Gasteiger partial charge in [0.25, 0.3) is 0 Å². The fraction of sp³-hybridized carbons (Fsp3) is 0.800. The maximum absolute atomic E-state index is 2.93. The summed E-state index contributed by atoms with van der Waals surface area (Å²) in [5, 5.41) is 0.319. The second-order valence-electron chi connectivity index (χ2n) is 4.16. The summed E-state index contributed by atoms with van der Waals surface area (Å²) in [4.78, 5) is 0. The van der Waals surface area contributed by atoms with Crippen LogP contribution >= 0.6 is 9.24 Å². The third kappa shape index (κ3) is 2.30. The van der Waals surface area contributed by atoms with Crippen molar-refractivity contribution in [2.24, 2.45) is 0 Å². The van der Waals surface area contributed by atoms with Crippen LogP contribution in [0.2, 0.25) is 0 Å². The summed E-state index contributed by atoms with van der Waals surface area (Å²) in [5.74, 6) is 0. The number of hydrogen-bond acceptors (Lipinski definition) is 0. The first-order valence-electron chi connectivity index (χ1n) is 4.50. The highest BCUT2D eigenvalue weighted by Gasteiger charge is 2.18. The summed E-state index contributed by atoms with van der Waals surface area (Å²) >= 11 is 0. The van der Waals surface area contributed by atoms with Gasteiger partial charge in [0.2, 0.25) is 0 Å². The van der Waals surface area contributed by atoms with E-state index in [0.717, 1.165) is 0 Å². The number of rotatable bonds is 1. The summed E-state index contributed by atoms with van der Waals surface area (Å²) in [5.41, 5.74) is 3.31. The second kappa shape index (κ2) is 3.27. The zero-order chi connectivity index (χ0) is 8.48. The van der Waals surface area contributed by atoms with Crippen LogP contribution in [0.3, 0.4) is 0 Å². The van der Waals surface area contributed by atoms with Gasteiger partial charge in [-0.2, -0.15) is 0 Å². The van der Waals surface area contributed by atoms with Gasteiger partial charge >= 0.3 is 0 Å². The highest BCUT2D eigenvalue weighted by molar-refractivity contribution is 7.19. The first kappa shape index (κ1) is 9.26. The van der Waals surface area contributed by atoms with Gasteiger partial charge in [0.15, 0.2) is 0 Å². The average molecular weight is 170 g/mol. The summed E-state index contributed by atoms with van der Waals surface area (Å²) in [6, 6.07) is 0. The molecule has 0 bridgehead atoms. The summed E-state index contributed by atoms with van der Waals surface area (Å²) in [6.07, 6.45) is 5.52. The Morgan fingerprint density at radius 1 is 1.27 bits per heavy atom. The quantitative estimate of drug-likeness (QED) is 0.417. The van der Waals surface area contributed by atoms with Crippen LogP contribution in [-0.2, 0) is 0 Å². The molecule has 0 aromatic carbocycles. The maximum atomic E-state index is 2.93. The molecule has 0 aliphatic heterocycles. The van der Waals surface area contributed by atoms with E-state index >= 15 is 0 Å². The molecule has 1 unspecified atom stereocenters. The van der Waals surface area contributed by atoms with E-state index in [9.17, 15) is 0 Å².